The van der Waals surface area contributed by atoms with Crippen LogP contribution in [0.5, 0.6) is 0 Å². The summed E-state index contributed by atoms with van der Waals surface area (Å²) in [5.74, 6) is 0.263. The lowest BCUT2D eigenvalue weighted by Crippen LogP contribution is -2.14. The van der Waals surface area contributed by atoms with Crippen molar-refractivity contribution >= 4 is 39.3 Å². The Morgan fingerprint density at radius 3 is 2.82 bits per heavy atom. The van der Waals surface area contributed by atoms with Gasteiger partial charge in [-0.2, -0.15) is 0 Å². The van der Waals surface area contributed by atoms with Gasteiger partial charge in [-0.25, -0.2) is 4.98 Å². The zero-order valence-corrected chi connectivity index (χ0v) is 17.4. The van der Waals surface area contributed by atoms with Crippen LogP contribution < -0.4 is 5.56 Å². The molecule has 0 atom stereocenters. The number of thioether (sulfide) groups is 1. The standard InChI is InChI=1S/C21H22N2O3S2/c1-27-14-8-6-13(7-9-14)12-26-18(24)11-10-17-22-20(25)19-15-4-2-3-5-16(15)28-21(19)23-17/h6-9H,2-5,10-12H2,1H3,(H,22,23,25). The van der Waals surface area contributed by atoms with Gasteiger partial charge in [-0.1, -0.05) is 12.1 Å². The fourth-order valence-electron chi connectivity index (χ4n) is 3.51. The minimum atomic E-state index is -0.290. The molecule has 0 amide bonds. The number of aromatic amines is 1. The van der Waals surface area contributed by atoms with E-state index in [4.69, 9.17) is 4.74 Å². The number of nitrogens with one attached hydrogen (secondary N) is 1. The summed E-state index contributed by atoms with van der Waals surface area (Å²) in [5.41, 5.74) is 2.06. The molecule has 0 saturated carbocycles. The average molecular weight is 415 g/mol. The van der Waals surface area contributed by atoms with Crippen LogP contribution in [0.1, 0.15) is 41.1 Å². The maximum absolute atomic E-state index is 12.5. The number of nitrogens with zero attached hydrogens (tertiary/aromatic N) is 1. The molecule has 28 heavy (non-hydrogen) atoms. The number of ether oxygens (including phenoxy) is 1. The molecule has 1 aromatic carbocycles. The molecule has 7 heteroatoms. The molecule has 0 aliphatic heterocycles. The summed E-state index contributed by atoms with van der Waals surface area (Å²) in [6, 6.07) is 7.95. The zero-order valence-electron chi connectivity index (χ0n) is 15.7. The van der Waals surface area contributed by atoms with Gasteiger partial charge in [0.25, 0.3) is 5.56 Å². The molecular formula is C21H22N2O3S2. The van der Waals surface area contributed by atoms with Crippen LogP contribution in [0.25, 0.3) is 10.2 Å². The van der Waals surface area contributed by atoms with Gasteiger partial charge in [-0.05, 0) is 55.2 Å². The first-order chi connectivity index (χ1) is 13.6. The van der Waals surface area contributed by atoms with Gasteiger partial charge in [0, 0.05) is 16.2 Å². The van der Waals surface area contributed by atoms with Gasteiger partial charge >= 0.3 is 5.97 Å². The molecule has 0 unspecified atom stereocenters. The third-order valence-corrected chi connectivity index (χ3v) is 6.93. The van der Waals surface area contributed by atoms with E-state index in [0.29, 0.717) is 12.2 Å². The van der Waals surface area contributed by atoms with E-state index in [1.807, 2.05) is 30.5 Å². The van der Waals surface area contributed by atoms with Crippen molar-refractivity contribution in [3.8, 4) is 0 Å². The molecule has 2 heterocycles. The van der Waals surface area contributed by atoms with Gasteiger partial charge in [0.05, 0.1) is 11.8 Å². The first-order valence-electron chi connectivity index (χ1n) is 9.46. The Kier molecular flexibility index (Phi) is 5.82. The molecule has 146 valence electrons. The number of hydrogen-bond acceptors (Lipinski definition) is 6. The van der Waals surface area contributed by atoms with Crippen molar-refractivity contribution < 1.29 is 9.53 Å². The highest BCUT2D eigenvalue weighted by atomic mass is 32.2. The van der Waals surface area contributed by atoms with Crippen LogP contribution in [0.4, 0.5) is 0 Å². The van der Waals surface area contributed by atoms with Crippen LogP contribution in [0, 0.1) is 0 Å². The largest absolute Gasteiger partial charge is 0.461 e. The predicted molar refractivity (Wildman–Crippen MR) is 113 cm³/mol. The number of esters is 1. The Morgan fingerprint density at radius 2 is 2.04 bits per heavy atom. The molecule has 0 radical (unpaired) electrons. The normalized spacial score (nSPS) is 13.5. The van der Waals surface area contributed by atoms with Crippen molar-refractivity contribution in [3.63, 3.8) is 0 Å². The highest BCUT2D eigenvalue weighted by molar-refractivity contribution is 7.98. The Hall–Kier alpha value is -2.12. The van der Waals surface area contributed by atoms with Crippen LogP contribution in [-0.4, -0.2) is 22.2 Å². The van der Waals surface area contributed by atoms with Crippen molar-refractivity contribution in [3.05, 3.63) is 56.4 Å². The number of aromatic nitrogens is 2. The third-order valence-electron chi connectivity index (χ3n) is 5.00. The van der Waals surface area contributed by atoms with E-state index >= 15 is 0 Å². The molecule has 0 fully saturated rings. The highest BCUT2D eigenvalue weighted by Crippen LogP contribution is 2.33. The Morgan fingerprint density at radius 1 is 1.25 bits per heavy atom. The van der Waals surface area contributed by atoms with Crippen LogP contribution in [0.15, 0.2) is 34.0 Å². The van der Waals surface area contributed by atoms with E-state index in [-0.39, 0.29) is 24.6 Å². The minimum Gasteiger partial charge on any atom is -0.461 e. The second-order valence-corrected chi connectivity index (χ2v) is 8.88. The monoisotopic (exact) mass is 414 g/mol. The lowest BCUT2D eigenvalue weighted by Gasteiger charge is -2.09. The van der Waals surface area contributed by atoms with Crippen LogP contribution >= 0.6 is 23.1 Å². The molecular weight excluding hydrogens is 392 g/mol. The molecule has 3 aromatic rings. The number of fused-ring (bicyclic) bond motifs is 3. The SMILES string of the molecule is CSc1ccc(COC(=O)CCc2nc3sc4c(c3c(=O)[nH]2)CCCC4)cc1. The summed E-state index contributed by atoms with van der Waals surface area (Å²) in [5, 5.41) is 0.750. The second-order valence-electron chi connectivity index (χ2n) is 6.91. The number of H-pyrrole nitrogens is 1. The third kappa shape index (κ3) is 4.15. The van der Waals surface area contributed by atoms with Gasteiger partial charge in [-0.3, -0.25) is 9.59 Å². The smallest absolute Gasteiger partial charge is 0.306 e. The summed E-state index contributed by atoms with van der Waals surface area (Å²) in [6.45, 7) is 0.258. The predicted octanol–water partition coefficient (Wildman–Crippen LogP) is 4.26. The van der Waals surface area contributed by atoms with Crippen molar-refractivity contribution in [2.24, 2.45) is 0 Å². The highest BCUT2D eigenvalue weighted by Gasteiger charge is 2.20. The van der Waals surface area contributed by atoms with Gasteiger partial charge < -0.3 is 9.72 Å². The summed E-state index contributed by atoms with van der Waals surface area (Å²) >= 11 is 3.30. The molecule has 0 spiro atoms. The summed E-state index contributed by atoms with van der Waals surface area (Å²) in [6.07, 6.45) is 6.90. The quantitative estimate of drug-likeness (QED) is 0.482. The maximum Gasteiger partial charge on any atom is 0.306 e. The molecule has 0 saturated heterocycles. The first-order valence-corrected chi connectivity index (χ1v) is 11.5. The van der Waals surface area contributed by atoms with Gasteiger partial charge in [0.15, 0.2) is 0 Å². The first kappa shape index (κ1) is 19.2. The van der Waals surface area contributed by atoms with E-state index in [1.54, 1.807) is 23.1 Å². The van der Waals surface area contributed by atoms with Crippen molar-refractivity contribution in [2.75, 3.05) is 6.26 Å². The Labute approximate surface area is 171 Å². The van der Waals surface area contributed by atoms with E-state index in [0.717, 1.165) is 35.0 Å². The molecule has 0 bridgehead atoms. The van der Waals surface area contributed by atoms with E-state index in [2.05, 4.69) is 9.97 Å². The fourth-order valence-corrected chi connectivity index (χ4v) is 5.19. The van der Waals surface area contributed by atoms with Crippen molar-refractivity contribution in [1.29, 1.82) is 0 Å². The van der Waals surface area contributed by atoms with E-state index < -0.39 is 0 Å². The number of benzene rings is 1. The second kappa shape index (κ2) is 8.49. The van der Waals surface area contributed by atoms with E-state index in [1.165, 1.54) is 21.8 Å². The van der Waals surface area contributed by atoms with Crippen LogP contribution in [0.2, 0.25) is 0 Å². The fraction of sp³-hybridized carbons (Fsp3) is 0.381. The van der Waals surface area contributed by atoms with Crippen LogP contribution in [-0.2, 0) is 35.4 Å². The lowest BCUT2D eigenvalue weighted by molar-refractivity contribution is -0.144. The van der Waals surface area contributed by atoms with Gasteiger partial charge in [0.2, 0.25) is 0 Å². The van der Waals surface area contributed by atoms with Crippen LogP contribution in [0.3, 0.4) is 0 Å². The Bertz CT molecular complexity index is 1050. The lowest BCUT2D eigenvalue weighted by atomic mass is 9.97. The maximum atomic E-state index is 12.5. The average Bonchev–Trinajstić information content (AvgIpc) is 3.10. The number of carbonyl (C=O) groups is 1. The summed E-state index contributed by atoms with van der Waals surface area (Å²) in [4.78, 5) is 35.3. The van der Waals surface area contributed by atoms with Gasteiger partial charge in [0.1, 0.15) is 17.3 Å². The zero-order chi connectivity index (χ0) is 19.5. The number of aryl methyl sites for hydroxylation is 3. The van der Waals surface area contributed by atoms with Crippen molar-refractivity contribution in [2.45, 2.75) is 50.0 Å². The van der Waals surface area contributed by atoms with Crippen molar-refractivity contribution in [1.82, 2.24) is 9.97 Å². The summed E-state index contributed by atoms with van der Waals surface area (Å²) < 4.78 is 5.34. The molecule has 1 aliphatic carbocycles. The topological polar surface area (TPSA) is 72.0 Å². The van der Waals surface area contributed by atoms with Gasteiger partial charge in [-0.15, -0.1) is 23.1 Å². The minimum absolute atomic E-state index is 0.0818. The molecule has 5 nitrogen and oxygen atoms in total. The molecule has 2 aromatic heterocycles. The summed E-state index contributed by atoms with van der Waals surface area (Å²) in [7, 11) is 0. The number of hydrogen-bond donors (Lipinski definition) is 1. The molecule has 1 N–H and O–H groups in total. The molecule has 4 rings (SSSR count). The number of carbonyl (C=O) groups excluding carboxylic acids is 1. The number of thiophene rings is 1. The Balaban J connectivity index is 1.38. The number of rotatable bonds is 6. The molecule has 1 aliphatic rings. The van der Waals surface area contributed by atoms with E-state index in [9.17, 15) is 9.59 Å².